The zero-order chi connectivity index (χ0) is 15.5. The van der Waals surface area contributed by atoms with E-state index in [2.05, 4.69) is 4.98 Å². The molecule has 0 radical (unpaired) electrons. The van der Waals surface area contributed by atoms with Crippen molar-refractivity contribution < 1.29 is 18.7 Å². The zero-order valence-electron chi connectivity index (χ0n) is 12.3. The van der Waals surface area contributed by atoms with Gasteiger partial charge in [-0.3, -0.25) is 0 Å². The van der Waals surface area contributed by atoms with Crippen LogP contribution in [0.5, 0.6) is 5.75 Å². The van der Waals surface area contributed by atoms with Crippen molar-refractivity contribution in [2.45, 2.75) is 6.92 Å². The van der Waals surface area contributed by atoms with E-state index < -0.39 is 0 Å². The number of fused-ring (bicyclic) bond motifs is 1. The Hall–Kier alpha value is -2.82. The highest BCUT2D eigenvalue weighted by molar-refractivity contribution is 5.93. The van der Waals surface area contributed by atoms with Crippen molar-refractivity contribution in [2.24, 2.45) is 0 Å². The number of ether oxygens (including phenoxy) is 2. The number of methoxy groups -OCH3 is 1. The van der Waals surface area contributed by atoms with Gasteiger partial charge in [0, 0.05) is 5.56 Å². The van der Waals surface area contributed by atoms with Gasteiger partial charge in [-0.05, 0) is 49.4 Å². The third-order valence-corrected chi connectivity index (χ3v) is 3.24. The standard InChI is InChI=1S/C17H15NO4/c1-3-21-17(19)12-6-9-15-14(10-12)18-16(22-15)11-4-7-13(20-2)8-5-11/h4-10H,3H2,1-2H3. The third-order valence-electron chi connectivity index (χ3n) is 3.24. The van der Waals surface area contributed by atoms with Crippen LogP contribution in [0, 0.1) is 0 Å². The van der Waals surface area contributed by atoms with Gasteiger partial charge in [-0.25, -0.2) is 9.78 Å². The number of esters is 1. The predicted octanol–water partition coefficient (Wildman–Crippen LogP) is 3.68. The molecule has 0 unspecified atom stereocenters. The number of rotatable bonds is 4. The fourth-order valence-electron chi connectivity index (χ4n) is 2.13. The van der Waals surface area contributed by atoms with Gasteiger partial charge in [0.05, 0.1) is 19.3 Å². The number of carbonyl (C=O) groups is 1. The third kappa shape index (κ3) is 2.65. The summed E-state index contributed by atoms with van der Waals surface area (Å²) in [6, 6.07) is 12.5. The van der Waals surface area contributed by atoms with Gasteiger partial charge in [-0.15, -0.1) is 0 Å². The van der Waals surface area contributed by atoms with E-state index in [9.17, 15) is 4.79 Å². The molecule has 3 rings (SSSR count). The lowest BCUT2D eigenvalue weighted by atomic mass is 10.2. The van der Waals surface area contributed by atoms with E-state index in [1.807, 2.05) is 24.3 Å². The van der Waals surface area contributed by atoms with E-state index in [-0.39, 0.29) is 5.97 Å². The molecule has 5 nitrogen and oxygen atoms in total. The van der Waals surface area contributed by atoms with Gasteiger partial charge in [0.2, 0.25) is 5.89 Å². The molecule has 0 aliphatic heterocycles. The highest BCUT2D eigenvalue weighted by Gasteiger charge is 2.12. The quantitative estimate of drug-likeness (QED) is 0.687. The molecular weight excluding hydrogens is 282 g/mol. The Morgan fingerprint density at radius 2 is 1.95 bits per heavy atom. The number of nitrogens with zero attached hydrogens (tertiary/aromatic N) is 1. The first kappa shape index (κ1) is 14.1. The lowest BCUT2D eigenvalue weighted by Gasteiger charge is -2.00. The average molecular weight is 297 g/mol. The average Bonchev–Trinajstić information content (AvgIpc) is 2.98. The first-order chi connectivity index (χ1) is 10.7. The molecule has 0 aliphatic carbocycles. The van der Waals surface area contributed by atoms with Crippen molar-refractivity contribution in [3.8, 4) is 17.2 Å². The first-order valence-electron chi connectivity index (χ1n) is 6.93. The van der Waals surface area contributed by atoms with Crippen molar-refractivity contribution >= 4 is 17.1 Å². The van der Waals surface area contributed by atoms with Crippen molar-refractivity contribution in [1.82, 2.24) is 4.98 Å². The van der Waals surface area contributed by atoms with Crippen LogP contribution in [0.4, 0.5) is 0 Å². The van der Waals surface area contributed by atoms with Crippen LogP contribution >= 0.6 is 0 Å². The second-order valence-electron chi connectivity index (χ2n) is 4.65. The minimum absolute atomic E-state index is 0.340. The lowest BCUT2D eigenvalue weighted by Crippen LogP contribution is -2.03. The van der Waals surface area contributed by atoms with Crippen molar-refractivity contribution in [3.63, 3.8) is 0 Å². The van der Waals surface area contributed by atoms with E-state index in [1.54, 1.807) is 32.2 Å². The van der Waals surface area contributed by atoms with Crippen LogP contribution in [0.25, 0.3) is 22.6 Å². The van der Waals surface area contributed by atoms with E-state index in [0.29, 0.717) is 29.2 Å². The summed E-state index contributed by atoms with van der Waals surface area (Å²) in [6.45, 7) is 2.11. The van der Waals surface area contributed by atoms with Gasteiger partial charge in [0.1, 0.15) is 11.3 Å². The summed E-state index contributed by atoms with van der Waals surface area (Å²) in [5.41, 5.74) is 2.55. The molecule has 112 valence electrons. The largest absolute Gasteiger partial charge is 0.497 e. The Kier molecular flexibility index (Phi) is 3.78. The van der Waals surface area contributed by atoms with E-state index >= 15 is 0 Å². The number of aromatic nitrogens is 1. The highest BCUT2D eigenvalue weighted by Crippen LogP contribution is 2.26. The Balaban J connectivity index is 1.96. The highest BCUT2D eigenvalue weighted by atomic mass is 16.5. The van der Waals surface area contributed by atoms with Crippen molar-refractivity contribution in [3.05, 3.63) is 48.0 Å². The zero-order valence-corrected chi connectivity index (χ0v) is 12.3. The van der Waals surface area contributed by atoms with Gasteiger partial charge in [0.25, 0.3) is 0 Å². The van der Waals surface area contributed by atoms with Crippen LogP contribution in [0.15, 0.2) is 46.9 Å². The molecule has 0 saturated carbocycles. The van der Waals surface area contributed by atoms with E-state index in [1.165, 1.54) is 0 Å². The Morgan fingerprint density at radius 3 is 2.64 bits per heavy atom. The molecule has 0 fully saturated rings. The number of carbonyl (C=O) groups excluding carboxylic acids is 1. The molecule has 0 bridgehead atoms. The van der Waals surface area contributed by atoms with Crippen LogP contribution in [-0.2, 0) is 4.74 Å². The molecule has 1 aromatic heterocycles. The van der Waals surface area contributed by atoms with Crippen molar-refractivity contribution in [2.75, 3.05) is 13.7 Å². The Labute approximate surface area is 127 Å². The molecule has 2 aromatic carbocycles. The fourth-order valence-corrected chi connectivity index (χ4v) is 2.13. The maximum Gasteiger partial charge on any atom is 0.338 e. The molecule has 1 heterocycles. The Bertz CT molecular complexity index is 805. The van der Waals surface area contributed by atoms with E-state index in [0.717, 1.165) is 11.3 Å². The lowest BCUT2D eigenvalue weighted by molar-refractivity contribution is 0.0526. The number of hydrogen-bond donors (Lipinski definition) is 0. The van der Waals surface area contributed by atoms with Crippen LogP contribution in [-0.4, -0.2) is 24.7 Å². The van der Waals surface area contributed by atoms with Crippen LogP contribution in [0.2, 0.25) is 0 Å². The molecule has 0 amide bonds. The fraction of sp³-hybridized carbons (Fsp3) is 0.176. The molecule has 0 aliphatic rings. The summed E-state index contributed by atoms with van der Waals surface area (Å²) in [4.78, 5) is 16.2. The summed E-state index contributed by atoms with van der Waals surface area (Å²) in [5.74, 6) is 0.904. The molecule has 0 N–H and O–H groups in total. The molecule has 3 aromatic rings. The van der Waals surface area contributed by atoms with Crippen molar-refractivity contribution in [1.29, 1.82) is 0 Å². The maximum absolute atomic E-state index is 11.7. The van der Waals surface area contributed by atoms with Gasteiger partial charge in [-0.2, -0.15) is 0 Å². The minimum atomic E-state index is -0.363. The molecule has 0 spiro atoms. The normalized spacial score (nSPS) is 10.6. The van der Waals surface area contributed by atoms with Gasteiger partial charge in [0.15, 0.2) is 5.58 Å². The number of oxazole rings is 1. The number of hydrogen-bond acceptors (Lipinski definition) is 5. The summed E-state index contributed by atoms with van der Waals surface area (Å²) in [7, 11) is 1.62. The second-order valence-corrected chi connectivity index (χ2v) is 4.65. The molecular formula is C17H15NO4. The minimum Gasteiger partial charge on any atom is -0.497 e. The smallest absolute Gasteiger partial charge is 0.338 e. The summed E-state index contributed by atoms with van der Waals surface area (Å²) < 4.78 is 15.8. The summed E-state index contributed by atoms with van der Waals surface area (Å²) in [5, 5.41) is 0. The van der Waals surface area contributed by atoms with E-state index in [4.69, 9.17) is 13.9 Å². The van der Waals surface area contributed by atoms with Gasteiger partial charge < -0.3 is 13.9 Å². The van der Waals surface area contributed by atoms with Crippen LogP contribution < -0.4 is 4.74 Å². The number of benzene rings is 2. The summed E-state index contributed by atoms with van der Waals surface area (Å²) >= 11 is 0. The molecule has 22 heavy (non-hydrogen) atoms. The predicted molar refractivity (Wildman–Crippen MR) is 82.0 cm³/mol. The van der Waals surface area contributed by atoms with Gasteiger partial charge in [-0.1, -0.05) is 0 Å². The molecule has 5 heteroatoms. The molecule has 0 atom stereocenters. The second kappa shape index (κ2) is 5.89. The SMILES string of the molecule is CCOC(=O)c1ccc2oc(-c3ccc(OC)cc3)nc2c1. The monoisotopic (exact) mass is 297 g/mol. The van der Waals surface area contributed by atoms with Gasteiger partial charge >= 0.3 is 5.97 Å². The van der Waals surface area contributed by atoms with Crippen LogP contribution in [0.3, 0.4) is 0 Å². The summed E-state index contributed by atoms with van der Waals surface area (Å²) in [6.07, 6.45) is 0. The van der Waals surface area contributed by atoms with Crippen LogP contribution in [0.1, 0.15) is 17.3 Å². The Morgan fingerprint density at radius 1 is 1.18 bits per heavy atom. The molecule has 0 saturated heterocycles. The maximum atomic E-state index is 11.7. The first-order valence-corrected chi connectivity index (χ1v) is 6.93. The topological polar surface area (TPSA) is 61.6 Å².